The van der Waals surface area contributed by atoms with Crippen LogP contribution in [-0.2, 0) is 17.9 Å². The Kier molecular flexibility index (Phi) is 5.79. The fourth-order valence-corrected chi connectivity index (χ4v) is 3.39. The summed E-state index contributed by atoms with van der Waals surface area (Å²) >= 11 is 6.07. The molecule has 0 amide bonds. The number of aliphatic carboxylic acids is 1. The number of nitrogens with zero attached hydrogens (tertiary/aromatic N) is 2. The summed E-state index contributed by atoms with van der Waals surface area (Å²) in [5.41, 5.74) is 5.31. The number of pyridine rings is 1. The number of benzene rings is 1. The molecule has 5 nitrogen and oxygen atoms in total. The van der Waals surface area contributed by atoms with E-state index in [1.54, 1.807) is 0 Å². The Morgan fingerprint density at radius 2 is 2.19 bits per heavy atom. The molecule has 0 unspecified atom stereocenters. The summed E-state index contributed by atoms with van der Waals surface area (Å²) in [6, 6.07) is 8.12. The lowest BCUT2D eigenvalue weighted by atomic mass is 10.1. The van der Waals surface area contributed by atoms with E-state index in [1.807, 2.05) is 32.2 Å². The number of carboxylic acid groups (broad SMARTS) is 1. The number of carboxylic acids is 1. The van der Waals surface area contributed by atoms with E-state index in [4.69, 9.17) is 16.7 Å². The van der Waals surface area contributed by atoms with E-state index >= 15 is 0 Å². The van der Waals surface area contributed by atoms with Crippen LogP contribution < -0.4 is 5.32 Å². The molecule has 2 aromatic rings. The smallest absolute Gasteiger partial charge is 0.307 e. The summed E-state index contributed by atoms with van der Waals surface area (Å²) in [6.45, 7) is 6.85. The SMILES string of the molecule is Cc1cc(CNc2cnc(C)c(CN3CC[C@@H](C(=O)O)C3)c2)ccc1Cl. The van der Waals surface area contributed by atoms with Gasteiger partial charge in [-0.15, -0.1) is 0 Å². The second-order valence-electron chi connectivity index (χ2n) is 6.96. The highest BCUT2D eigenvalue weighted by molar-refractivity contribution is 6.31. The van der Waals surface area contributed by atoms with Crippen LogP contribution in [0.3, 0.4) is 0 Å². The Morgan fingerprint density at radius 1 is 1.38 bits per heavy atom. The molecule has 6 heteroatoms. The molecular weight excluding hydrogens is 350 g/mol. The highest BCUT2D eigenvalue weighted by atomic mass is 35.5. The normalized spacial score (nSPS) is 17.4. The standard InChI is InChI=1S/C20H24ClN3O2/c1-13-7-15(3-4-19(13)21)9-23-18-8-17(14(2)22-10-18)12-24-6-5-16(11-24)20(25)26/h3-4,7-8,10,16,23H,5-6,9,11-12H2,1-2H3,(H,25,26)/t16-/m1/s1. The molecular formula is C20H24ClN3O2. The van der Waals surface area contributed by atoms with Gasteiger partial charge in [-0.1, -0.05) is 23.7 Å². The van der Waals surface area contributed by atoms with Gasteiger partial charge in [0, 0.05) is 30.4 Å². The third kappa shape index (κ3) is 4.54. The lowest BCUT2D eigenvalue weighted by molar-refractivity contribution is -0.141. The van der Waals surface area contributed by atoms with Crippen molar-refractivity contribution in [3.05, 3.63) is 57.9 Å². The van der Waals surface area contributed by atoms with Crippen molar-refractivity contribution >= 4 is 23.3 Å². The van der Waals surface area contributed by atoms with E-state index in [0.29, 0.717) is 13.1 Å². The zero-order valence-electron chi connectivity index (χ0n) is 15.1. The lowest BCUT2D eigenvalue weighted by Crippen LogP contribution is -2.23. The molecule has 1 aromatic carbocycles. The maximum Gasteiger partial charge on any atom is 0.307 e. The first kappa shape index (κ1) is 18.7. The van der Waals surface area contributed by atoms with Crippen LogP contribution in [0.25, 0.3) is 0 Å². The van der Waals surface area contributed by atoms with Gasteiger partial charge in [0.2, 0.25) is 0 Å². The molecule has 138 valence electrons. The molecule has 2 N–H and O–H groups in total. The minimum Gasteiger partial charge on any atom is -0.481 e. The summed E-state index contributed by atoms with van der Waals surface area (Å²) in [6.07, 6.45) is 2.56. The van der Waals surface area contributed by atoms with Crippen molar-refractivity contribution in [3.8, 4) is 0 Å². The van der Waals surface area contributed by atoms with Crippen molar-refractivity contribution in [2.45, 2.75) is 33.4 Å². The number of rotatable bonds is 6. The highest BCUT2D eigenvalue weighted by Crippen LogP contribution is 2.22. The maximum atomic E-state index is 11.1. The monoisotopic (exact) mass is 373 g/mol. The zero-order chi connectivity index (χ0) is 18.7. The molecule has 0 saturated carbocycles. The molecule has 0 bridgehead atoms. The largest absolute Gasteiger partial charge is 0.481 e. The van der Waals surface area contributed by atoms with Gasteiger partial charge >= 0.3 is 5.97 Å². The van der Waals surface area contributed by atoms with Crippen molar-refractivity contribution in [2.24, 2.45) is 5.92 Å². The summed E-state index contributed by atoms with van der Waals surface area (Å²) in [5, 5.41) is 13.3. The van der Waals surface area contributed by atoms with Gasteiger partial charge in [-0.05, 0) is 55.6 Å². The fourth-order valence-electron chi connectivity index (χ4n) is 3.28. The van der Waals surface area contributed by atoms with Crippen LogP contribution in [0.15, 0.2) is 30.5 Å². The van der Waals surface area contributed by atoms with Crippen LogP contribution in [0.5, 0.6) is 0 Å². The van der Waals surface area contributed by atoms with E-state index in [0.717, 1.165) is 52.6 Å². The average Bonchev–Trinajstić information content (AvgIpc) is 3.07. The van der Waals surface area contributed by atoms with E-state index in [2.05, 4.69) is 27.3 Å². The van der Waals surface area contributed by atoms with Gasteiger partial charge in [-0.25, -0.2) is 0 Å². The Hall–Kier alpha value is -2.11. The average molecular weight is 374 g/mol. The van der Waals surface area contributed by atoms with Crippen LogP contribution >= 0.6 is 11.6 Å². The summed E-state index contributed by atoms with van der Waals surface area (Å²) in [4.78, 5) is 17.8. The van der Waals surface area contributed by atoms with Crippen LogP contribution in [0.4, 0.5) is 5.69 Å². The minimum atomic E-state index is -0.698. The first-order valence-electron chi connectivity index (χ1n) is 8.82. The third-order valence-electron chi connectivity index (χ3n) is 4.93. The van der Waals surface area contributed by atoms with Crippen LogP contribution in [-0.4, -0.2) is 34.0 Å². The number of halogens is 1. The summed E-state index contributed by atoms with van der Waals surface area (Å²) in [7, 11) is 0. The lowest BCUT2D eigenvalue weighted by Gasteiger charge is -2.17. The molecule has 2 heterocycles. The molecule has 1 aliphatic heterocycles. The van der Waals surface area contributed by atoms with Crippen LogP contribution in [0.1, 0.15) is 28.8 Å². The van der Waals surface area contributed by atoms with Crippen molar-refractivity contribution in [2.75, 3.05) is 18.4 Å². The van der Waals surface area contributed by atoms with Crippen LogP contribution in [0, 0.1) is 19.8 Å². The van der Waals surface area contributed by atoms with E-state index < -0.39 is 5.97 Å². The number of anilines is 1. The molecule has 1 fully saturated rings. The number of aryl methyl sites for hydroxylation is 2. The van der Waals surface area contributed by atoms with Gasteiger partial charge in [0.15, 0.2) is 0 Å². The summed E-state index contributed by atoms with van der Waals surface area (Å²) < 4.78 is 0. The fraction of sp³-hybridized carbons (Fsp3) is 0.400. The predicted molar refractivity (Wildman–Crippen MR) is 104 cm³/mol. The van der Waals surface area contributed by atoms with Crippen molar-refractivity contribution in [3.63, 3.8) is 0 Å². The molecule has 1 atom stereocenters. The third-order valence-corrected chi connectivity index (χ3v) is 5.35. The second kappa shape index (κ2) is 8.06. The Bertz CT molecular complexity index is 810. The van der Waals surface area contributed by atoms with Crippen LogP contribution in [0.2, 0.25) is 5.02 Å². The number of likely N-dealkylation sites (tertiary alicyclic amines) is 1. The molecule has 26 heavy (non-hydrogen) atoms. The molecule has 1 aromatic heterocycles. The van der Waals surface area contributed by atoms with Gasteiger partial charge < -0.3 is 10.4 Å². The zero-order valence-corrected chi connectivity index (χ0v) is 15.9. The van der Waals surface area contributed by atoms with Gasteiger partial charge in [-0.3, -0.25) is 14.7 Å². The van der Waals surface area contributed by atoms with Crippen molar-refractivity contribution in [1.29, 1.82) is 0 Å². The summed E-state index contributed by atoms with van der Waals surface area (Å²) in [5.74, 6) is -0.950. The molecule has 3 rings (SSSR count). The quantitative estimate of drug-likeness (QED) is 0.804. The number of aromatic nitrogens is 1. The Balaban J connectivity index is 1.64. The first-order valence-corrected chi connectivity index (χ1v) is 9.20. The molecule has 1 aliphatic rings. The second-order valence-corrected chi connectivity index (χ2v) is 7.37. The number of carbonyl (C=O) groups is 1. The molecule has 0 radical (unpaired) electrons. The maximum absolute atomic E-state index is 11.1. The topological polar surface area (TPSA) is 65.5 Å². The van der Waals surface area contributed by atoms with Gasteiger partial charge in [0.25, 0.3) is 0 Å². The van der Waals surface area contributed by atoms with E-state index in [9.17, 15) is 4.79 Å². The van der Waals surface area contributed by atoms with Gasteiger partial charge in [0.1, 0.15) is 0 Å². The van der Waals surface area contributed by atoms with Gasteiger partial charge in [0.05, 0.1) is 17.8 Å². The van der Waals surface area contributed by atoms with Gasteiger partial charge in [-0.2, -0.15) is 0 Å². The van der Waals surface area contributed by atoms with Crippen molar-refractivity contribution < 1.29 is 9.90 Å². The number of hydrogen-bond acceptors (Lipinski definition) is 4. The minimum absolute atomic E-state index is 0.252. The molecule has 0 spiro atoms. The molecule has 0 aliphatic carbocycles. The predicted octanol–water partition coefficient (Wildman–Crippen LogP) is 3.87. The highest BCUT2D eigenvalue weighted by Gasteiger charge is 2.28. The Morgan fingerprint density at radius 3 is 2.88 bits per heavy atom. The van der Waals surface area contributed by atoms with Crippen molar-refractivity contribution in [1.82, 2.24) is 9.88 Å². The number of hydrogen-bond donors (Lipinski definition) is 2. The Labute approximate surface area is 159 Å². The first-order chi connectivity index (χ1) is 12.4. The van der Waals surface area contributed by atoms with E-state index in [-0.39, 0.29) is 5.92 Å². The number of nitrogens with one attached hydrogen (secondary N) is 1. The molecule has 1 saturated heterocycles. The van der Waals surface area contributed by atoms with E-state index in [1.165, 1.54) is 0 Å².